The van der Waals surface area contributed by atoms with E-state index in [4.69, 9.17) is 4.74 Å². The number of hydrogen-bond donors (Lipinski definition) is 0. The van der Waals surface area contributed by atoms with Crippen molar-refractivity contribution in [3.8, 4) is 10.9 Å². The smallest absolute Gasteiger partial charge is 0.300 e. The molecule has 7 heteroatoms. The van der Waals surface area contributed by atoms with Gasteiger partial charge in [-0.25, -0.2) is 0 Å². The van der Waals surface area contributed by atoms with Gasteiger partial charge in [0.25, 0.3) is 5.19 Å². The Kier molecular flexibility index (Phi) is 8.32. The second-order valence-corrected chi connectivity index (χ2v) is 8.23. The topological polar surface area (TPSA) is 41.5 Å². The average molecular weight is 411 g/mol. The van der Waals surface area contributed by atoms with Gasteiger partial charge in [-0.15, -0.1) is 16.8 Å². The zero-order valence-electron chi connectivity index (χ0n) is 16.7. The van der Waals surface area contributed by atoms with Crippen molar-refractivity contribution in [2.24, 2.45) is 0 Å². The monoisotopic (exact) mass is 410 g/mol. The molecule has 1 aromatic heterocycles. The Morgan fingerprint density at radius 2 is 1.81 bits per heavy atom. The molecule has 0 bridgehead atoms. The van der Waals surface area contributed by atoms with Crippen LogP contribution < -0.4 is 9.64 Å². The summed E-state index contributed by atoms with van der Waals surface area (Å²) in [5, 5.41) is 0.618. The molecule has 0 amide bonds. The molecule has 3 rings (SSSR count). The van der Waals surface area contributed by atoms with Crippen LogP contribution in [0.4, 0.5) is 5.95 Å². The minimum Gasteiger partial charge on any atom is -0.430 e. The third kappa shape index (κ3) is 6.06. The molecule has 5 nitrogen and oxygen atoms in total. The van der Waals surface area contributed by atoms with Gasteiger partial charge in [0.05, 0.1) is 0 Å². The standard InChI is InChI=1S/C20H30N4OS.ClH/c1-15(2)24(16(3)4)14-17-9-8-10-18(13-17)25-20-21-19(22-26-20)23-11-6-5-7-12-23;/h8-10,13,15-16H,5-7,11-12,14H2,1-4H3;1H. The summed E-state index contributed by atoms with van der Waals surface area (Å²) in [4.78, 5) is 9.30. The molecule has 0 unspecified atom stereocenters. The van der Waals surface area contributed by atoms with Gasteiger partial charge >= 0.3 is 0 Å². The molecule has 0 saturated carbocycles. The molecule has 0 spiro atoms. The number of halogens is 1. The van der Waals surface area contributed by atoms with Crippen LogP contribution in [-0.4, -0.2) is 39.4 Å². The number of piperidine rings is 1. The molecule has 0 N–H and O–H groups in total. The molecule has 0 atom stereocenters. The van der Waals surface area contributed by atoms with Crippen molar-refractivity contribution in [1.82, 2.24) is 14.3 Å². The highest BCUT2D eigenvalue weighted by atomic mass is 35.5. The minimum atomic E-state index is 0. The highest BCUT2D eigenvalue weighted by Crippen LogP contribution is 2.28. The molecular formula is C20H31ClN4OS. The molecule has 1 aromatic carbocycles. The highest BCUT2D eigenvalue weighted by Gasteiger charge is 2.17. The third-order valence-corrected chi connectivity index (χ3v) is 5.42. The molecule has 27 heavy (non-hydrogen) atoms. The van der Waals surface area contributed by atoms with E-state index in [1.165, 1.54) is 36.4 Å². The molecule has 1 fully saturated rings. The Balaban J connectivity index is 0.00000261. The summed E-state index contributed by atoms with van der Waals surface area (Å²) < 4.78 is 10.5. The van der Waals surface area contributed by atoms with Crippen LogP contribution in [0, 0.1) is 0 Å². The van der Waals surface area contributed by atoms with E-state index >= 15 is 0 Å². The first kappa shape index (κ1) is 21.9. The van der Waals surface area contributed by atoms with E-state index in [1.807, 2.05) is 6.07 Å². The molecule has 1 aliphatic rings. The quantitative estimate of drug-likeness (QED) is 0.614. The molecule has 2 aromatic rings. The van der Waals surface area contributed by atoms with Crippen LogP contribution in [0.1, 0.15) is 52.5 Å². The van der Waals surface area contributed by atoms with Crippen LogP contribution >= 0.6 is 23.9 Å². The van der Waals surface area contributed by atoms with Crippen LogP contribution in [0.25, 0.3) is 0 Å². The fourth-order valence-electron chi connectivity index (χ4n) is 3.45. The highest BCUT2D eigenvalue weighted by molar-refractivity contribution is 7.07. The van der Waals surface area contributed by atoms with Crippen LogP contribution in [0.15, 0.2) is 24.3 Å². The van der Waals surface area contributed by atoms with E-state index in [9.17, 15) is 0 Å². The predicted octanol–water partition coefficient (Wildman–Crippen LogP) is 5.36. The zero-order chi connectivity index (χ0) is 18.5. The van der Waals surface area contributed by atoms with E-state index in [2.05, 4.69) is 65.1 Å². The van der Waals surface area contributed by atoms with Crippen molar-refractivity contribution in [3.63, 3.8) is 0 Å². The second kappa shape index (κ2) is 10.2. The normalized spacial score (nSPS) is 14.7. The summed E-state index contributed by atoms with van der Waals surface area (Å²) in [6.07, 6.45) is 3.75. The molecular weight excluding hydrogens is 380 g/mol. The van der Waals surface area contributed by atoms with E-state index < -0.39 is 0 Å². The maximum absolute atomic E-state index is 5.99. The lowest BCUT2D eigenvalue weighted by Gasteiger charge is -2.30. The van der Waals surface area contributed by atoms with Crippen molar-refractivity contribution in [3.05, 3.63) is 29.8 Å². The maximum atomic E-state index is 5.99. The van der Waals surface area contributed by atoms with Gasteiger partial charge in [0.1, 0.15) is 5.75 Å². The van der Waals surface area contributed by atoms with Crippen LogP contribution in [0.5, 0.6) is 10.9 Å². The van der Waals surface area contributed by atoms with Crippen LogP contribution in [0.3, 0.4) is 0 Å². The summed E-state index contributed by atoms with van der Waals surface area (Å²) in [7, 11) is 0. The van der Waals surface area contributed by atoms with Crippen molar-refractivity contribution in [2.45, 2.75) is 65.6 Å². The number of nitrogens with zero attached hydrogens (tertiary/aromatic N) is 4. The molecule has 2 heterocycles. The van der Waals surface area contributed by atoms with Gasteiger partial charge in [0.2, 0.25) is 5.95 Å². The summed E-state index contributed by atoms with van der Waals surface area (Å²) in [6, 6.07) is 9.32. The molecule has 0 radical (unpaired) electrons. The first-order valence-electron chi connectivity index (χ1n) is 9.64. The van der Waals surface area contributed by atoms with Crippen LogP contribution in [-0.2, 0) is 6.54 Å². The number of hydrogen-bond acceptors (Lipinski definition) is 6. The van der Waals surface area contributed by atoms with Crippen molar-refractivity contribution in [1.29, 1.82) is 0 Å². The number of rotatable bonds is 7. The SMILES string of the molecule is CC(C)N(Cc1cccc(Oc2nc(N3CCCCC3)ns2)c1)C(C)C.Cl. The third-order valence-electron chi connectivity index (χ3n) is 4.83. The second-order valence-electron chi connectivity index (χ2n) is 7.52. The predicted molar refractivity (Wildman–Crippen MR) is 116 cm³/mol. The summed E-state index contributed by atoms with van der Waals surface area (Å²) in [5.41, 5.74) is 1.26. The Bertz CT molecular complexity index is 693. The molecule has 1 aliphatic heterocycles. The Labute approximate surface area is 173 Å². The fourth-order valence-corrected chi connectivity index (χ4v) is 4.02. The Hall–Kier alpha value is -1.37. The lowest BCUT2D eigenvalue weighted by atomic mass is 10.1. The Morgan fingerprint density at radius 3 is 2.48 bits per heavy atom. The zero-order valence-corrected chi connectivity index (χ0v) is 18.4. The molecule has 0 aliphatic carbocycles. The molecule has 1 saturated heterocycles. The number of ether oxygens (including phenoxy) is 1. The summed E-state index contributed by atoms with van der Waals surface area (Å²) >= 11 is 1.33. The van der Waals surface area contributed by atoms with Gasteiger partial charge in [-0.1, -0.05) is 12.1 Å². The van der Waals surface area contributed by atoms with E-state index in [0.29, 0.717) is 17.3 Å². The van der Waals surface area contributed by atoms with Gasteiger partial charge in [-0.3, -0.25) is 4.90 Å². The van der Waals surface area contributed by atoms with Gasteiger partial charge in [-0.05, 0) is 64.7 Å². The first-order valence-corrected chi connectivity index (χ1v) is 10.4. The van der Waals surface area contributed by atoms with Crippen molar-refractivity contribution < 1.29 is 4.74 Å². The van der Waals surface area contributed by atoms with Crippen molar-refractivity contribution >= 4 is 29.9 Å². The minimum absolute atomic E-state index is 0. The fraction of sp³-hybridized carbons (Fsp3) is 0.600. The van der Waals surface area contributed by atoms with Gasteiger partial charge in [0, 0.05) is 43.3 Å². The van der Waals surface area contributed by atoms with Gasteiger partial charge < -0.3 is 9.64 Å². The van der Waals surface area contributed by atoms with E-state index in [1.54, 1.807) is 0 Å². The maximum Gasteiger partial charge on any atom is 0.300 e. The number of benzene rings is 1. The van der Waals surface area contributed by atoms with Gasteiger partial charge in [-0.2, -0.15) is 4.98 Å². The van der Waals surface area contributed by atoms with E-state index in [0.717, 1.165) is 31.3 Å². The van der Waals surface area contributed by atoms with E-state index in [-0.39, 0.29) is 12.4 Å². The van der Waals surface area contributed by atoms with Crippen LogP contribution in [0.2, 0.25) is 0 Å². The number of anilines is 1. The number of aromatic nitrogens is 2. The summed E-state index contributed by atoms with van der Waals surface area (Å²) in [6.45, 7) is 12.0. The van der Waals surface area contributed by atoms with Crippen molar-refractivity contribution in [2.75, 3.05) is 18.0 Å². The lowest BCUT2D eigenvalue weighted by molar-refractivity contribution is 0.166. The average Bonchev–Trinajstić information content (AvgIpc) is 3.09. The Morgan fingerprint density at radius 1 is 1.11 bits per heavy atom. The first-order chi connectivity index (χ1) is 12.5. The lowest BCUT2D eigenvalue weighted by Crippen LogP contribution is -2.36. The molecule has 150 valence electrons. The largest absolute Gasteiger partial charge is 0.430 e. The van der Waals surface area contributed by atoms with Gasteiger partial charge in [0.15, 0.2) is 0 Å². The summed E-state index contributed by atoms with van der Waals surface area (Å²) in [5.74, 6) is 1.64.